The highest BCUT2D eigenvalue weighted by Crippen LogP contribution is 2.03. The lowest BCUT2D eigenvalue weighted by Gasteiger charge is -1.99. The van der Waals surface area contributed by atoms with Crippen LogP contribution in [0.15, 0.2) is 12.3 Å². The van der Waals surface area contributed by atoms with E-state index < -0.39 is 12.9 Å². The standard InChI is InChI=1S/C5H4BClFNO2/c7-5-1-4(8)3(2-9-5)6(10)11/h1-2,10-11H. The highest BCUT2D eigenvalue weighted by atomic mass is 35.5. The summed E-state index contributed by atoms with van der Waals surface area (Å²) in [6, 6.07) is 0.913. The summed E-state index contributed by atoms with van der Waals surface area (Å²) in [5.74, 6) is -0.778. The third kappa shape index (κ3) is 1.89. The molecule has 0 saturated carbocycles. The van der Waals surface area contributed by atoms with Gasteiger partial charge in [0.25, 0.3) is 0 Å². The van der Waals surface area contributed by atoms with Gasteiger partial charge in [-0.2, -0.15) is 0 Å². The number of hydrogen-bond donors (Lipinski definition) is 2. The van der Waals surface area contributed by atoms with Crippen LogP contribution in [0, 0.1) is 5.82 Å². The van der Waals surface area contributed by atoms with Gasteiger partial charge in [-0.15, -0.1) is 0 Å². The van der Waals surface area contributed by atoms with E-state index in [9.17, 15) is 4.39 Å². The largest absolute Gasteiger partial charge is 0.493 e. The molecule has 1 aromatic heterocycles. The summed E-state index contributed by atoms with van der Waals surface area (Å²) in [4.78, 5) is 3.47. The van der Waals surface area contributed by atoms with Gasteiger partial charge in [-0.25, -0.2) is 9.37 Å². The van der Waals surface area contributed by atoms with Crippen LogP contribution in [-0.2, 0) is 0 Å². The molecule has 58 valence electrons. The summed E-state index contributed by atoms with van der Waals surface area (Å²) in [6.45, 7) is 0. The summed E-state index contributed by atoms with van der Waals surface area (Å²) in [6.07, 6.45) is 0.975. The van der Waals surface area contributed by atoms with Crippen molar-refractivity contribution in [3.8, 4) is 0 Å². The number of aromatic nitrogens is 1. The van der Waals surface area contributed by atoms with Gasteiger partial charge in [-0.1, -0.05) is 11.6 Å². The highest BCUT2D eigenvalue weighted by Gasteiger charge is 2.16. The fourth-order valence-electron chi connectivity index (χ4n) is 0.608. The van der Waals surface area contributed by atoms with Crippen molar-refractivity contribution in [2.75, 3.05) is 0 Å². The Morgan fingerprint density at radius 3 is 2.64 bits per heavy atom. The lowest BCUT2D eigenvalue weighted by atomic mass is 9.81. The Hall–Kier alpha value is -0.645. The second-order valence-corrected chi connectivity index (χ2v) is 2.29. The minimum Gasteiger partial charge on any atom is -0.423 e. The van der Waals surface area contributed by atoms with Gasteiger partial charge in [-0.3, -0.25) is 0 Å². The average molecular weight is 175 g/mol. The second-order valence-electron chi connectivity index (χ2n) is 1.90. The first kappa shape index (κ1) is 8.45. The van der Waals surface area contributed by atoms with Crippen LogP contribution in [-0.4, -0.2) is 22.2 Å². The first-order chi connectivity index (χ1) is 5.11. The summed E-state index contributed by atoms with van der Waals surface area (Å²) >= 11 is 5.31. The van der Waals surface area contributed by atoms with Gasteiger partial charge in [0.1, 0.15) is 11.0 Å². The first-order valence-electron chi connectivity index (χ1n) is 2.78. The van der Waals surface area contributed by atoms with Crippen molar-refractivity contribution in [2.45, 2.75) is 0 Å². The molecule has 0 aliphatic heterocycles. The molecule has 1 aromatic rings. The Labute approximate surface area is 67.6 Å². The molecule has 0 atom stereocenters. The lowest BCUT2D eigenvalue weighted by Crippen LogP contribution is -2.33. The molecule has 0 saturated heterocycles. The van der Waals surface area contributed by atoms with E-state index in [4.69, 9.17) is 21.6 Å². The third-order valence-corrected chi connectivity index (χ3v) is 1.33. The van der Waals surface area contributed by atoms with Crippen molar-refractivity contribution in [1.82, 2.24) is 4.98 Å². The summed E-state index contributed by atoms with van der Waals surface area (Å²) in [7, 11) is -1.85. The number of pyridine rings is 1. The molecule has 1 heterocycles. The van der Waals surface area contributed by atoms with E-state index in [1.807, 2.05) is 0 Å². The Balaban J connectivity index is 3.09. The number of nitrogens with zero attached hydrogens (tertiary/aromatic N) is 1. The van der Waals surface area contributed by atoms with Gasteiger partial charge in [0.2, 0.25) is 0 Å². The molecule has 0 amide bonds. The van der Waals surface area contributed by atoms with Crippen LogP contribution in [0.3, 0.4) is 0 Å². The average Bonchev–Trinajstić information content (AvgIpc) is 1.85. The van der Waals surface area contributed by atoms with Crippen LogP contribution in [0.25, 0.3) is 0 Å². The van der Waals surface area contributed by atoms with Crippen molar-refractivity contribution in [1.29, 1.82) is 0 Å². The molecule has 6 heteroatoms. The van der Waals surface area contributed by atoms with Crippen LogP contribution in [0.4, 0.5) is 4.39 Å². The highest BCUT2D eigenvalue weighted by molar-refractivity contribution is 6.58. The second kappa shape index (κ2) is 3.17. The molecule has 0 unspecified atom stereocenters. The third-order valence-electron chi connectivity index (χ3n) is 1.13. The predicted octanol–water partition coefficient (Wildman–Crippen LogP) is -0.446. The molecular formula is C5H4BClFNO2. The molecule has 0 fully saturated rings. The zero-order valence-corrected chi connectivity index (χ0v) is 6.09. The first-order valence-corrected chi connectivity index (χ1v) is 3.16. The minimum absolute atomic E-state index is 0.0214. The molecule has 0 aliphatic rings. The molecule has 3 nitrogen and oxygen atoms in total. The maximum atomic E-state index is 12.7. The zero-order valence-electron chi connectivity index (χ0n) is 5.33. The van der Waals surface area contributed by atoms with Crippen molar-refractivity contribution >= 4 is 24.2 Å². The Kier molecular flexibility index (Phi) is 2.43. The number of rotatable bonds is 1. The predicted molar refractivity (Wildman–Crippen MR) is 39.0 cm³/mol. The molecule has 2 N–H and O–H groups in total. The quantitative estimate of drug-likeness (QED) is 0.449. The zero-order chi connectivity index (χ0) is 8.43. The van der Waals surface area contributed by atoms with E-state index in [1.54, 1.807) is 0 Å². The van der Waals surface area contributed by atoms with Crippen molar-refractivity contribution < 1.29 is 14.4 Å². The van der Waals surface area contributed by atoms with Crippen LogP contribution in [0.2, 0.25) is 5.15 Å². The maximum absolute atomic E-state index is 12.7. The molecule has 11 heavy (non-hydrogen) atoms. The van der Waals surface area contributed by atoms with Gasteiger partial charge in [0.05, 0.1) is 0 Å². The van der Waals surface area contributed by atoms with E-state index in [2.05, 4.69) is 4.98 Å². The van der Waals surface area contributed by atoms with Crippen molar-refractivity contribution in [2.24, 2.45) is 0 Å². The smallest absolute Gasteiger partial charge is 0.423 e. The van der Waals surface area contributed by atoms with Crippen LogP contribution in [0.1, 0.15) is 0 Å². The molecule has 0 aromatic carbocycles. The van der Waals surface area contributed by atoms with Crippen LogP contribution < -0.4 is 5.46 Å². The van der Waals surface area contributed by atoms with Crippen LogP contribution in [0.5, 0.6) is 0 Å². The number of hydrogen-bond acceptors (Lipinski definition) is 3. The molecule has 1 rings (SSSR count). The van der Waals surface area contributed by atoms with E-state index in [0.717, 1.165) is 12.3 Å². The van der Waals surface area contributed by atoms with Gasteiger partial charge in [0.15, 0.2) is 0 Å². The van der Waals surface area contributed by atoms with Crippen LogP contribution >= 0.6 is 11.6 Å². The molecule has 0 spiro atoms. The summed E-state index contributed by atoms with van der Waals surface area (Å²) < 4.78 is 12.7. The van der Waals surface area contributed by atoms with E-state index in [1.165, 1.54) is 0 Å². The molecule has 0 radical (unpaired) electrons. The minimum atomic E-state index is -1.85. The van der Waals surface area contributed by atoms with E-state index in [-0.39, 0.29) is 10.6 Å². The molecule has 0 aliphatic carbocycles. The Bertz CT molecular complexity index is 271. The van der Waals surface area contributed by atoms with Gasteiger partial charge < -0.3 is 10.0 Å². The van der Waals surface area contributed by atoms with Gasteiger partial charge in [0, 0.05) is 17.7 Å². The molecular weight excluding hydrogens is 171 g/mol. The van der Waals surface area contributed by atoms with E-state index in [0.29, 0.717) is 0 Å². The normalized spacial score (nSPS) is 9.82. The van der Waals surface area contributed by atoms with E-state index >= 15 is 0 Å². The van der Waals surface area contributed by atoms with Gasteiger partial charge in [-0.05, 0) is 0 Å². The van der Waals surface area contributed by atoms with Gasteiger partial charge >= 0.3 is 7.12 Å². The monoisotopic (exact) mass is 175 g/mol. The molecule has 0 bridgehead atoms. The SMILES string of the molecule is OB(O)c1cnc(Cl)cc1F. The number of halogens is 2. The topological polar surface area (TPSA) is 53.4 Å². The Morgan fingerprint density at radius 2 is 2.18 bits per heavy atom. The van der Waals surface area contributed by atoms with Crippen molar-refractivity contribution in [3.05, 3.63) is 23.2 Å². The fourth-order valence-corrected chi connectivity index (χ4v) is 0.753. The maximum Gasteiger partial charge on any atom is 0.493 e. The Morgan fingerprint density at radius 1 is 1.55 bits per heavy atom. The fraction of sp³-hybridized carbons (Fsp3) is 0. The summed E-state index contributed by atoms with van der Waals surface area (Å²) in [5.41, 5.74) is -0.283. The lowest BCUT2D eigenvalue weighted by molar-refractivity contribution is 0.423. The van der Waals surface area contributed by atoms with Crippen molar-refractivity contribution in [3.63, 3.8) is 0 Å². The summed E-state index contributed by atoms with van der Waals surface area (Å²) in [5, 5.41) is 17.0.